The highest BCUT2D eigenvalue weighted by Crippen LogP contribution is 2.27. The number of alkyl halides is 2. The number of rotatable bonds is 4. The Morgan fingerprint density at radius 1 is 1.38 bits per heavy atom. The molecule has 1 aromatic carbocycles. The first kappa shape index (κ1) is 16.3. The third-order valence-electron chi connectivity index (χ3n) is 3.12. The molecule has 1 N–H and O–H groups in total. The number of halogens is 3. The summed E-state index contributed by atoms with van der Waals surface area (Å²) >= 11 is 3.26. The standard InChI is InChI=1S/C15H11BrF2N4O2/c1-8-2-3-10(12(4-8)24-15(17)18)20-14(23)11-5-13-19-6-9(16)7-22(13)21-11/h2-7,15H,1H3,(H,20,23). The van der Waals surface area contributed by atoms with E-state index in [1.807, 2.05) is 0 Å². The van der Waals surface area contributed by atoms with Crippen molar-refractivity contribution >= 4 is 33.2 Å². The fourth-order valence-corrected chi connectivity index (χ4v) is 2.37. The van der Waals surface area contributed by atoms with E-state index >= 15 is 0 Å². The zero-order chi connectivity index (χ0) is 17.3. The number of ether oxygens (including phenoxy) is 1. The van der Waals surface area contributed by atoms with Crippen LogP contribution in [0.1, 0.15) is 16.1 Å². The molecule has 0 saturated carbocycles. The minimum atomic E-state index is -2.99. The summed E-state index contributed by atoms with van der Waals surface area (Å²) in [5.41, 5.74) is 1.45. The van der Waals surface area contributed by atoms with Gasteiger partial charge in [0.05, 0.1) is 10.2 Å². The highest BCUT2D eigenvalue weighted by Gasteiger charge is 2.16. The van der Waals surface area contributed by atoms with Gasteiger partial charge in [0.1, 0.15) is 5.75 Å². The van der Waals surface area contributed by atoms with Crippen LogP contribution < -0.4 is 10.1 Å². The fraction of sp³-hybridized carbons (Fsp3) is 0.133. The number of hydrogen-bond acceptors (Lipinski definition) is 4. The van der Waals surface area contributed by atoms with E-state index in [2.05, 4.69) is 36.1 Å². The molecule has 0 atom stereocenters. The van der Waals surface area contributed by atoms with E-state index in [0.717, 1.165) is 5.56 Å². The number of nitrogens with zero attached hydrogens (tertiary/aromatic N) is 3. The quantitative estimate of drug-likeness (QED) is 0.730. The van der Waals surface area contributed by atoms with Crippen molar-refractivity contribution in [3.05, 3.63) is 52.4 Å². The van der Waals surface area contributed by atoms with Crippen molar-refractivity contribution in [3.63, 3.8) is 0 Å². The van der Waals surface area contributed by atoms with Crippen molar-refractivity contribution in [2.24, 2.45) is 0 Å². The number of carbonyl (C=O) groups is 1. The zero-order valence-corrected chi connectivity index (χ0v) is 13.9. The number of carbonyl (C=O) groups excluding carboxylic acids is 1. The molecule has 3 aromatic rings. The predicted molar refractivity (Wildman–Crippen MR) is 86.5 cm³/mol. The summed E-state index contributed by atoms with van der Waals surface area (Å²) in [4.78, 5) is 16.4. The van der Waals surface area contributed by atoms with E-state index in [-0.39, 0.29) is 17.1 Å². The third-order valence-corrected chi connectivity index (χ3v) is 3.53. The maximum atomic E-state index is 12.5. The van der Waals surface area contributed by atoms with Crippen LogP contribution in [0.5, 0.6) is 5.75 Å². The number of nitrogens with one attached hydrogen (secondary N) is 1. The van der Waals surface area contributed by atoms with Crippen LogP contribution in [0, 0.1) is 6.92 Å². The van der Waals surface area contributed by atoms with Crippen molar-refractivity contribution in [2.75, 3.05) is 5.32 Å². The van der Waals surface area contributed by atoms with Gasteiger partial charge in [-0.05, 0) is 40.5 Å². The Balaban J connectivity index is 1.88. The van der Waals surface area contributed by atoms with Gasteiger partial charge in [-0.2, -0.15) is 13.9 Å². The fourth-order valence-electron chi connectivity index (χ4n) is 2.08. The molecule has 24 heavy (non-hydrogen) atoms. The van der Waals surface area contributed by atoms with Gasteiger partial charge in [-0.25, -0.2) is 9.50 Å². The Bertz CT molecular complexity index is 914. The second-order valence-corrected chi connectivity index (χ2v) is 5.85. The number of anilines is 1. The maximum absolute atomic E-state index is 12.5. The molecule has 0 aliphatic carbocycles. The molecule has 0 aliphatic heterocycles. The second kappa shape index (κ2) is 6.52. The minimum absolute atomic E-state index is 0.101. The number of hydrogen-bond donors (Lipinski definition) is 1. The Morgan fingerprint density at radius 2 is 2.17 bits per heavy atom. The summed E-state index contributed by atoms with van der Waals surface area (Å²) in [6, 6.07) is 6.08. The Kier molecular flexibility index (Phi) is 4.43. The first-order valence-corrected chi connectivity index (χ1v) is 7.59. The summed E-state index contributed by atoms with van der Waals surface area (Å²) in [6.45, 7) is -1.26. The van der Waals surface area contributed by atoms with Crippen LogP contribution in [-0.4, -0.2) is 27.1 Å². The highest BCUT2D eigenvalue weighted by atomic mass is 79.9. The molecule has 6 nitrogen and oxygen atoms in total. The van der Waals surface area contributed by atoms with Gasteiger partial charge in [-0.15, -0.1) is 0 Å². The number of aromatic nitrogens is 3. The van der Waals surface area contributed by atoms with E-state index in [1.54, 1.807) is 25.4 Å². The van der Waals surface area contributed by atoms with Crippen LogP contribution in [0.3, 0.4) is 0 Å². The van der Waals surface area contributed by atoms with Gasteiger partial charge in [-0.1, -0.05) is 6.07 Å². The van der Waals surface area contributed by atoms with Gasteiger partial charge in [-0.3, -0.25) is 4.79 Å². The summed E-state index contributed by atoms with van der Waals surface area (Å²) in [5, 5.41) is 6.62. The number of benzene rings is 1. The first-order valence-electron chi connectivity index (χ1n) is 6.80. The van der Waals surface area contributed by atoms with E-state index < -0.39 is 12.5 Å². The monoisotopic (exact) mass is 396 g/mol. The van der Waals surface area contributed by atoms with Crippen LogP contribution in [-0.2, 0) is 0 Å². The van der Waals surface area contributed by atoms with Crippen LogP contribution in [0.15, 0.2) is 41.1 Å². The number of fused-ring (bicyclic) bond motifs is 1. The SMILES string of the molecule is Cc1ccc(NC(=O)c2cc3ncc(Br)cn3n2)c(OC(F)F)c1. The van der Waals surface area contributed by atoms with Crippen LogP contribution in [0.2, 0.25) is 0 Å². The Morgan fingerprint density at radius 3 is 2.92 bits per heavy atom. The molecule has 124 valence electrons. The molecule has 0 bridgehead atoms. The molecule has 2 heterocycles. The normalized spacial score (nSPS) is 11.0. The summed E-state index contributed by atoms with van der Waals surface area (Å²) in [6.07, 6.45) is 3.23. The summed E-state index contributed by atoms with van der Waals surface area (Å²) in [5.74, 6) is -0.664. The smallest absolute Gasteiger partial charge is 0.387 e. The van der Waals surface area contributed by atoms with E-state index in [9.17, 15) is 13.6 Å². The van der Waals surface area contributed by atoms with Crippen LogP contribution >= 0.6 is 15.9 Å². The minimum Gasteiger partial charge on any atom is -0.433 e. The molecule has 9 heteroatoms. The summed E-state index contributed by atoms with van der Waals surface area (Å²) in [7, 11) is 0. The van der Waals surface area contributed by atoms with Gasteiger partial charge in [0.15, 0.2) is 11.3 Å². The average Bonchev–Trinajstić information content (AvgIpc) is 2.92. The lowest BCUT2D eigenvalue weighted by molar-refractivity contribution is -0.0494. The molecule has 0 aliphatic rings. The zero-order valence-electron chi connectivity index (χ0n) is 12.3. The van der Waals surface area contributed by atoms with Gasteiger partial charge in [0.2, 0.25) is 0 Å². The van der Waals surface area contributed by atoms with E-state index in [1.165, 1.54) is 22.7 Å². The molecule has 3 rings (SSSR count). The molecule has 0 unspecified atom stereocenters. The van der Waals surface area contributed by atoms with Gasteiger partial charge >= 0.3 is 6.61 Å². The lowest BCUT2D eigenvalue weighted by atomic mass is 10.2. The van der Waals surface area contributed by atoms with E-state index in [0.29, 0.717) is 10.1 Å². The van der Waals surface area contributed by atoms with E-state index in [4.69, 9.17) is 0 Å². The number of amides is 1. The van der Waals surface area contributed by atoms with Crippen molar-refractivity contribution in [2.45, 2.75) is 13.5 Å². The summed E-state index contributed by atoms with van der Waals surface area (Å²) < 4.78 is 31.6. The molecule has 0 spiro atoms. The molecular formula is C15H11BrF2N4O2. The molecule has 0 saturated heterocycles. The Hall–Kier alpha value is -2.55. The lowest BCUT2D eigenvalue weighted by Crippen LogP contribution is -2.14. The van der Waals surface area contributed by atoms with Crippen molar-refractivity contribution in [3.8, 4) is 5.75 Å². The van der Waals surface area contributed by atoms with Gasteiger partial charge in [0, 0.05) is 18.5 Å². The maximum Gasteiger partial charge on any atom is 0.387 e. The first-order chi connectivity index (χ1) is 11.4. The van der Waals surface area contributed by atoms with Crippen LogP contribution in [0.4, 0.5) is 14.5 Å². The van der Waals surface area contributed by atoms with Crippen LogP contribution in [0.25, 0.3) is 5.65 Å². The largest absolute Gasteiger partial charge is 0.433 e. The molecule has 0 fully saturated rings. The van der Waals surface area contributed by atoms with Crippen molar-refractivity contribution in [1.82, 2.24) is 14.6 Å². The average molecular weight is 397 g/mol. The number of aryl methyl sites for hydroxylation is 1. The second-order valence-electron chi connectivity index (χ2n) is 4.94. The van der Waals surface area contributed by atoms with Gasteiger partial charge in [0.25, 0.3) is 5.91 Å². The predicted octanol–water partition coefficient (Wildman–Crippen LogP) is 3.65. The van der Waals surface area contributed by atoms with Crippen molar-refractivity contribution < 1.29 is 18.3 Å². The molecule has 2 aromatic heterocycles. The topological polar surface area (TPSA) is 68.5 Å². The third kappa shape index (κ3) is 3.51. The molecule has 0 radical (unpaired) electrons. The highest BCUT2D eigenvalue weighted by molar-refractivity contribution is 9.10. The Labute approximate surface area is 143 Å². The van der Waals surface area contributed by atoms with Gasteiger partial charge < -0.3 is 10.1 Å². The molecular weight excluding hydrogens is 386 g/mol. The molecule has 1 amide bonds. The lowest BCUT2D eigenvalue weighted by Gasteiger charge is -2.12. The van der Waals surface area contributed by atoms with Crippen molar-refractivity contribution in [1.29, 1.82) is 0 Å².